The number of thiophene rings is 1. The number of benzene rings is 2. The molecule has 0 spiro atoms. The molecule has 1 fully saturated rings. The monoisotopic (exact) mass is 415 g/mol. The summed E-state index contributed by atoms with van der Waals surface area (Å²) in [6.07, 6.45) is -0.635. The highest BCUT2D eigenvalue weighted by atomic mass is 32.2. The van der Waals surface area contributed by atoms with Gasteiger partial charge in [0.2, 0.25) is 5.91 Å². The third-order valence-corrected chi connectivity index (χ3v) is 6.77. The van der Waals surface area contributed by atoms with E-state index >= 15 is 0 Å². The number of aliphatic hydroxyl groups excluding tert-OH is 1. The lowest BCUT2D eigenvalue weighted by Crippen LogP contribution is -2.57. The van der Waals surface area contributed by atoms with Crippen LogP contribution >= 0.6 is 23.1 Å². The van der Waals surface area contributed by atoms with E-state index in [9.17, 15) is 19.4 Å². The SMILES string of the molecule is O=C1[C@@H](SCC(O)c2ccsc2)[C@H](c2ccc(O)cc2)N1c1ccc(F)cc1. The van der Waals surface area contributed by atoms with Gasteiger partial charge in [0.05, 0.1) is 12.1 Å². The van der Waals surface area contributed by atoms with E-state index in [1.165, 1.54) is 35.2 Å². The Morgan fingerprint density at radius 1 is 1.11 bits per heavy atom. The van der Waals surface area contributed by atoms with Crippen molar-refractivity contribution in [3.05, 3.63) is 82.3 Å². The number of carbonyl (C=O) groups is 1. The molecule has 0 radical (unpaired) electrons. The fourth-order valence-electron chi connectivity index (χ4n) is 3.27. The van der Waals surface area contributed by atoms with Crippen molar-refractivity contribution < 1.29 is 19.4 Å². The molecular weight excluding hydrogens is 397 g/mol. The summed E-state index contributed by atoms with van der Waals surface area (Å²) in [6, 6.07) is 14.2. The van der Waals surface area contributed by atoms with E-state index in [-0.39, 0.29) is 28.8 Å². The molecular formula is C21H18FNO3S2. The fourth-order valence-corrected chi connectivity index (χ4v) is 5.27. The molecule has 4 nitrogen and oxygen atoms in total. The van der Waals surface area contributed by atoms with Gasteiger partial charge in [-0.3, -0.25) is 4.79 Å². The number of aliphatic hydroxyl groups is 1. The first-order chi connectivity index (χ1) is 13.5. The van der Waals surface area contributed by atoms with Crippen LogP contribution in [0.15, 0.2) is 65.4 Å². The molecule has 4 rings (SSSR count). The predicted molar refractivity (Wildman–Crippen MR) is 110 cm³/mol. The Morgan fingerprint density at radius 2 is 1.82 bits per heavy atom. The van der Waals surface area contributed by atoms with Crippen LogP contribution in [0.1, 0.15) is 23.3 Å². The number of amides is 1. The molecule has 1 aliphatic rings. The zero-order valence-electron chi connectivity index (χ0n) is 14.7. The van der Waals surface area contributed by atoms with Gasteiger partial charge in [0.15, 0.2) is 0 Å². The molecule has 1 saturated heterocycles. The number of rotatable bonds is 6. The Morgan fingerprint density at radius 3 is 2.46 bits per heavy atom. The quantitative estimate of drug-likeness (QED) is 0.582. The van der Waals surface area contributed by atoms with E-state index < -0.39 is 6.10 Å². The van der Waals surface area contributed by atoms with Crippen LogP contribution in [-0.4, -0.2) is 27.1 Å². The number of hydrogen-bond donors (Lipinski definition) is 2. The van der Waals surface area contributed by atoms with E-state index in [1.54, 1.807) is 41.3 Å². The molecule has 0 saturated carbocycles. The first kappa shape index (κ1) is 19.0. The zero-order valence-corrected chi connectivity index (χ0v) is 16.4. The average Bonchev–Trinajstić information content (AvgIpc) is 3.23. The van der Waals surface area contributed by atoms with Gasteiger partial charge in [-0.15, -0.1) is 11.8 Å². The van der Waals surface area contributed by atoms with Gasteiger partial charge in [-0.2, -0.15) is 11.3 Å². The highest BCUT2D eigenvalue weighted by Crippen LogP contribution is 2.46. The van der Waals surface area contributed by atoms with Crippen molar-refractivity contribution in [2.24, 2.45) is 0 Å². The Hall–Kier alpha value is -2.35. The van der Waals surface area contributed by atoms with Crippen molar-refractivity contribution in [2.45, 2.75) is 17.4 Å². The smallest absolute Gasteiger partial charge is 0.243 e. The van der Waals surface area contributed by atoms with E-state index in [0.717, 1.165) is 11.1 Å². The number of β-lactam (4-membered cyclic amide) rings is 1. The molecule has 1 unspecified atom stereocenters. The van der Waals surface area contributed by atoms with Gasteiger partial charge in [0.25, 0.3) is 0 Å². The first-order valence-corrected chi connectivity index (χ1v) is 10.7. The van der Waals surface area contributed by atoms with Crippen molar-refractivity contribution in [1.29, 1.82) is 0 Å². The van der Waals surface area contributed by atoms with Crippen LogP contribution in [-0.2, 0) is 4.79 Å². The van der Waals surface area contributed by atoms with Gasteiger partial charge in [-0.25, -0.2) is 4.39 Å². The summed E-state index contributed by atoms with van der Waals surface area (Å²) >= 11 is 2.93. The lowest BCUT2D eigenvalue weighted by atomic mass is 9.92. The molecule has 3 aromatic rings. The van der Waals surface area contributed by atoms with Crippen LogP contribution in [0.2, 0.25) is 0 Å². The lowest BCUT2D eigenvalue weighted by molar-refractivity contribution is -0.123. The van der Waals surface area contributed by atoms with Gasteiger partial charge in [0, 0.05) is 11.4 Å². The molecule has 28 heavy (non-hydrogen) atoms. The summed E-state index contributed by atoms with van der Waals surface area (Å²) in [5, 5.41) is 23.4. The average molecular weight is 416 g/mol. The molecule has 3 atom stereocenters. The fraction of sp³-hybridized carbons (Fsp3) is 0.190. The Kier molecular flexibility index (Phi) is 5.39. The summed E-state index contributed by atoms with van der Waals surface area (Å²) < 4.78 is 13.3. The molecule has 2 N–H and O–H groups in total. The number of thioether (sulfide) groups is 1. The minimum Gasteiger partial charge on any atom is -0.508 e. The molecule has 1 aromatic heterocycles. The van der Waals surface area contributed by atoms with Crippen molar-refractivity contribution in [1.82, 2.24) is 0 Å². The lowest BCUT2D eigenvalue weighted by Gasteiger charge is -2.47. The molecule has 2 aromatic carbocycles. The number of aromatic hydroxyl groups is 1. The van der Waals surface area contributed by atoms with Crippen LogP contribution in [0.3, 0.4) is 0 Å². The largest absolute Gasteiger partial charge is 0.508 e. The second kappa shape index (κ2) is 7.95. The number of phenolic OH excluding ortho intramolecular Hbond substituents is 1. The minimum atomic E-state index is -0.635. The maximum Gasteiger partial charge on any atom is 0.243 e. The normalized spacial score (nSPS) is 20.1. The summed E-state index contributed by atoms with van der Waals surface area (Å²) in [5.41, 5.74) is 2.35. The maximum absolute atomic E-state index is 13.3. The molecule has 1 aliphatic heterocycles. The highest BCUT2D eigenvalue weighted by molar-refractivity contribution is 8.00. The molecule has 2 heterocycles. The third-order valence-electron chi connectivity index (χ3n) is 4.75. The van der Waals surface area contributed by atoms with Gasteiger partial charge in [-0.05, 0) is 64.4 Å². The van der Waals surface area contributed by atoms with Crippen molar-refractivity contribution in [2.75, 3.05) is 10.7 Å². The summed E-state index contributed by atoms with van der Waals surface area (Å²) in [4.78, 5) is 14.5. The van der Waals surface area contributed by atoms with Gasteiger partial charge >= 0.3 is 0 Å². The standard InChI is InChI=1S/C21H18FNO3S2/c22-15-3-5-16(6-4-15)23-19(13-1-7-17(24)8-2-13)20(21(23)26)28-12-18(25)14-9-10-27-11-14/h1-11,18-20,24-25H,12H2/t18?,19-,20-/m0/s1. The number of hydrogen-bond acceptors (Lipinski definition) is 5. The van der Waals surface area contributed by atoms with Gasteiger partial charge in [-0.1, -0.05) is 12.1 Å². The Balaban J connectivity index is 1.57. The Labute approximate surface area is 170 Å². The summed E-state index contributed by atoms with van der Waals surface area (Å²) in [5.74, 6) is 0.119. The summed E-state index contributed by atoms with van der Waals surface area (Å²) in [6.45, 7) is 0. The number of nitrogens with zero attached hydrogens (tertiary/aromatic N) is 1. The maximum atomic E-state index is 13.3. The van der Waals surface area contributed by atoms with Crippen LogP contribution in [0.25, 0.3) is 0 Å². The second-order valence-corrected chi connectivity index (χ2v) is 8.50. The van der Waals surface area contributed by atoms with Gasteiger partial charge in [0.1, 0.15) is 16.8 Å². The van der Waals surface area contributed by atoms with Crippen molar-refractivity contribution in [3.8, 4) is 5.75 Å². The highest BCUT2D eigenvalue weighted by Gasteiger charge is 2.49. The number of halogens is 1. The van der Waals surface area contributed by atoms with Crippen LogP contribution in [0, 0.1) is 5.82 Å². The second-order valence-electron chi connectivity index (χ2n) is 6.55. The van der Waals surface area contributed by atoms with Crippen molar-refractivity contribution >= 4 is 34.7 Å². The first-order valence-electron chi connectivity index (χ1n) is 8.74. The topological polar surface area (TPSA) is 60.8 Å². The Bertz CT molecular complexity index is 945. The van der Waals surface area contributed by atoms with E-state index in [4.69, 9.17) is 0 Å². The molecule has 0 aliphatic carbocycles. The molecule has 1 amide bonds. The van der Waals surface area contributed by atoms with Crippen LogP contribution < -0.4 is 4.90 Å². The van der Waals surface area contributed by atoms with E-state index in [1.807, 2.05) is 16.8 Å². The summed E-state index contributed by atoms with van der Waals surface area (Å²) in [7, 11) is 0. The molecule has 0 bridgehead atoms. The number of phenols is 1. The molecule has 144 valence electrons. The number of carbonyl (C=O) groups excluding carboxylic acids is 1. The predicted octanol–water partition coefficient (Wildman–Crippen LogP) is 4.52. The van der Waals surface area contributed by atoms with Gasteiger partial charge < -0.3 is 15.1 Å². The van der Waals surface area contributed by atoms with Crippen molar-refractivity contribution in [3.63, 3.8) is 0 Å². The zero-order chi connectivity index (χ0) is 19.7. The minimum absolute atomic E-state index is 0.0767. The van der Waals surface area contributed by atoms with Crippen LogP contribution in [0.5, 0.6) is 5.75 Å². The van der Waals surface area contributed by atoms with Crippen LogP contribution in [0.4, 0.5) is 10.1 Å². The number of anilines is 1. The van der Waals surface area contributed by atoms with E-state index in [0.29, 0.717) is 11.4 Å². The van der Waals surface area contributed by atoms with E-state index in [2.05, 4.69) is 0 Å². The molecule has 7 heteroatoms. The third kappa shape index (κ3) is 3.65.